The molecule has 0 aliphatic carbocycles. The van der Waals surface area contributed by atoms with Crippen molar-refractivity contribution in [2.24, 2.45) is 0 Å². The van der Waals surface area contributed by atoms with Gasteiger partial charge in [0.2, 0.25) is 0 Å². The lowest BCUT2D eigenvalue weighted by molar-refractivity contribution is 0.0530. The number of benzene rings is 1. The molecule has 0 bridgehead atoms. The molecule has 0 fully saturated rings. The Balaban J connectivity index is 1.99. The molecule has 3 aromatic rings. The van der Waals surface area contributed by atoms with Crippen LogP contribution in [0.1, 0.15) is 43.9 Å². The number of esters is 2. The van der Waals surface area contributed by atoms with Crippen molar-refractivity contribution < 1.29 is 19.1 Å². The van der Waals surface area contributed by atoms with Crippen LogP contribution in [0.2, 0.25) is 0 Å². The molecule has 0 amide bonds. The first-order chi connectivity index (χ1) is 13.8. The Morgan fingerprint density at radius 2 is 1.93 bits per heavy atom. The number of fused-ring (bicyclic) bond motifs is 1. The monoisotopic (exact) mass is 432 g/mol. The lowest BCUT2D eigenvalue weighted by Gasteiger charge is -2.02. The number of aromatic nitrogens is 2. The van der Waals surface area contributed by atoms with Crippen molar-refractivity contribution in [2.45, 2.75) is 13.8 Å². The fraction of sp³-hybridized carbons (Fsp3) is 0.200. The van der Waals surface area contributed by atoms with Crippen molar-refractivity contribution in [3.63, 3.8) is 0 Å². The Morgan fingerprint density at radius 1 is 1.24 bits per heavy atom. The van der Waals surface area contributed by atoms with Crippen LogP contribution in [0, 0.1) is 6.92 Å². The standard InChI is InChI=1S/C20H17ClN2O5S/c1-4-28-20(26)15-10(2)14-17(24)22-16(23-18(14)29-15)13(21)9-11-5-7-12(8-6-11)19(25)27-3/h5-9H,4H2,1-3H3,(H,22,23,24)/b13-9-. The summed E-state index contributed by atoms with van der Waals surface area (Å²) in [6.07, 6.45) is 1.61. The normalized spacial score (nSPS) is 11.5. The summed E-state index contributed by atoms with van der Waals surface area (Å²) in [5.74, 6) is -0.743. The Hall–Kier alpha value is -2.97. The minimum absolute atomic E-state index is 0.179. The molecule has 0 atom stereocenters. The van der Waals surface area contributed by atoms with E-state index in [9.17, 15) is 14.4 Å². The van der Waals surface area contributed by atoms with Crippen molar-refractivity contribution in [1.29, 1.82) is 0 Å². The van der Waals surface area contributed by atoms with E-state index in [1.165, 1.54) is 7.11 Å². The van der Waals surface area contributed by atoms with E-state index in [1.54, 1.807) is 44.2 Å². The van der Waals surface area contributed by atoms with E-state index in [0.29, 0.717) is 31.8 Å². The van der Waals surface area contributed by atoms with Gasteiger partial charge in [0.1, 0.15) is 9.71 Å². The van der Waals surface area contributed by atoms with Crippen molar-refractivity contribution in [1.82, 2.24) is 9.97 Å². The first-order valence-electron chi connectivity index (χ1n) is 8.62. The van der Waals surface area contributed by atoms with Gasteiger partial charge in [-0.3, -0.25) is 4.79 Å². The maximum absolute atomic E-state index is 12.5. The van der Waals surface area contributed by atoms with Gasteiger partial charge < -0.3 is 14.5 Å². The number of methoxy groups -OCH3 is 1. The van der Waals surface area contributed by atoms with Crippen molar-refractivity contribution in [3.05, 3.63) is 62.0 Å². The fourth-order valence-corrected chi connectivity index (χ4v) is 3.99. The zero-order valence-electron chi connectivity index (χ0n) is 15.9. The molecule has 1 aromatic carbocycles. The number of carbonyl (C=O) groups excluding carboxylic acids is 2. The van der Waals surface area contributed by atoms with Crippen LogP contribution in [0.25, 0.3) is 21.3 Å². The molecule has 29 heavy (non-hydrogen) atoms. The molecule has 3 rings (SSSR count). The van der Waals surface area contributed by atoms with E-state index < -0.39 is 11.9 Å². The molecule has 2 aromatic heterocycles. The summed E-state index contributed by atoms with van der Waals surface area (Å²) in [6.45, 7) is 3.64. The number of rotatable bonds is 5. The maximum atomic E-state index is 12.5. The zero-order chi connectivity index (χ0) is 21.1. The van der Waals surface area contributed by atoms with Gasteiger partial charge >= 0.3 is 11.9 Å². The van der Waals surface area contributed by atoms with Crippen LogP contribution in [-0.4, -0.2) is 35.6 Å². The van der Waals surface area contributed by atoms with Crippen molar-refractivity contribution in [3.8, 4) is 0 Å². The second-order valence-corrected chi connectivity index (χ2v) is 7.38. The average Bonchev–Trinajstić information content (AvgIpc) is 3.05. The predicted octanol–water partition coefficient (Wildman–Crippen LogP) is 3.99. The SMILES string of the molecule is CCOC(=O)c1sc2nc(/C(Cl)=C/c3ccc(C(=O)OC)cc3)[nH]c(=O)c2c1C. The number of H-pyrrole nitrogens is 1. The van der Waals surface area contributed by atoms with Gasteiger partial charge in [-0.2, -0.15) is 0 Å². The largest absolute Gasteiger partial charge is 0.465 e. The summed E-state index contributed by atoms with van der Waals surface area (Å²) in [6, 6.07) is 6.60. The molecular weight excluding hydrogens is 416 g/mol. The van der Waals surface area contributed by atoms with Gasteiger partial charge in [0.25, 0.3) is 5.56 Å². The quantitative estimate of drug-likeness (QED) is 0.612. The lowest BCUT2D eigenvalue weighted by atomic mass is 10.1. The van der Waals surface area contributed by atoms with E-state index in [4.69, 9.17) is 16.3 Å². The van der Waals surface area contributed by atoms with Gasteiger partial charge in [0, 0.05) is 0 Å². The maximum Gasteiger partial charge on any atom is 0.348 e. The molecule has 2 heterocycles. The lowest BCUT2D eigenvalue weighted by Crippen LogP contribution is -2.11. The van der Waals surface area contributed by atoms with Crippen LogP contribution >= 0.6 is 22.9 Å². The third-order valence-corrected chi connectivity index (χ3v) is 5.57. The summed E-state index contributed by atoms with van der Waals surface area (Å²) in [7, 11) is 1.31. The molecule has 150 valence electrons. The highest BCUT2D eigenvalue weighted by atomic mass is 35.5. The molecule has 0 aliphatic rings. The number of aryl methyl sites for hydroxylation is 1. The first kappa shape index (κ1) is 20.8. The number of carbonyl (C=O) groups is 2. The Morgan fingerprint density at radius 3 is 2.55 bits per heavy atom. The van der Waals surface area contributed by atoms with E-state index in [-0.39, 0.29) is 23.0 Å². The molecular formula is C20H17ClN2O5S. The van der Waals surface area contributed by atoms with Crippen LogP contribution in [0.4, 0.5) is 0 Å². The zero-order valence-corrected chi connectivity index (χ0v) is 17.4. The minimum Gasteiger partial charge on any atom is -0.465 e. The van der Waals surface area contributed by atoms with Crippen LogP contribution in [-0.2, 0) is 9.47 Å². The Kier molecular flexibility index (Phi) is 6.14. The summed E-state index contributed by atoms with van der Waals surface area (Å²) in [5, 5.41) is 0.548. The van der Waals surface area contributed by atoms with E-state index in [1.807, 2.05) is 0 Å². The molecule has 0 saturated heterocycles. The number of thiophene rings is 1. The van der Waals surface area contributed by atoms with Crippen LogP contribution in [0.5, 0.6) is 0 Å². The first-order valence-corrected chi connectivity index (χ1v) is 9.81. The van der Waals surface area contributed by atoms with Gasteiger partial charge in [-0.1, -0.05) is 23.7 Å². The molecule has 7 nitrogen and oxygen atoms in total. The molecule has 9 heteroatoms. The van der Waals surface area contributed by atoms with Crippen LogP contribution in [0.15, 0.2) is 29.1 Å². The van der Waals surface area contributed by atoms with Crippen molar-refractivity contribution >= 4 is 56.2 Å². The van der Waals surface area contributed by atoms with Crippen molar-refractivity contribution in [2.75, 3.05) is 13.7 Å². The fourth-order valence-electron chi connectivity index (χ4n) is 2.70. The number of hydrogen-bond donors (Lipinski definition) is 1. The summed E-state index contributed by atoms with van der Waals surface area (Å²) in [4.78, 5) is 43.9. The molecule has 0 spiro atoms. The highest BCUT2D eigenvalue weighted by Gasteiger charge is 2.20. The molecule has 1 N–H and O–H groups in total. The highest BCUT2D eigenvalue weighted by Crippen LogP contribution is 2.29. The molecule has 0 saturated carbocycles. The second kappa shape index (κ2) is 8.59. The van der Waals surface area contributed by atoms with Gasteiger partial charge in [0.15, 0.2) is 5.82 Å². The number of aromatic amines is 1. The van der Waals surface area contributed by atoms with Gasteiger partial charge in [-0.05, 0) is 43.2 Å². The Bertz CT molecular complexity index is 1180. The van der Waals surface area contributed by atoms with E-state index >= 15 is 0 Å². The van der Waals surface area contributed by atoms with Crippen LogP contribution < -0.4 is 5.56 Å². The number of hydrogen-bond acceptors (Lipinski definition) is 7. The average molecular weight is 433 g/mol. The van der Waals surface area contributed by atoms with E-state index in [2.05, 4.69) is 14.7 Å². The smallest absolute Gasteiger partial charge is 0.348 e. The van der Waals surface area contributed by atoms with Gasteiger partial charge in [-0.25, -0.2) is 14.6 Å². The molecule has 0 radical (unpaired) electrons. The molecule has 0 aliphatic heterocycles. The topological polar surface area (TPSA) is 98.3 Å². The highest BCUT2D eigenvalue weighted by molar-refractivity contribution is 7.20. The number of nitrogens with one attached hydrogen (secondary N) is 1. The number of ether oxygens (including phenoxy) is 2. The minimum atomic E-state index is -0.485. The Labute approximate surface area is 174 Å². The second-order valence-electron chi connectivity index (χ2n) is 5.98. The summed E-state index contributed by atoms with van der Waals surface area (Å²) >= 11 is 7.44. The predicted molar refractivity (Wildman–Crippen MR) is 112 cm³/mol. The van der Waals surface area contributed by atoms with Gasteiger partial charge in [0.05, 0.1) is 29.7 Å². The summed E-state index contributed by atoms with van der Waals surface area (Å²) in [5.41, 5.74) is 1.26. The van der Waals surface area contributed by atoms with Crippen LogP contribution in [0.3, 0.4) is 0 Å². The van der Waals surface area contributed by atoms with E-state index in [0.717, 1.165) is 11.3 Å². The number of halogens is 1. The number of nitrogens with zero attached hydrogens (tertiary/aromatic N) is 1. The molecule has 0 unspecified atom stereocenters. The third-order valence-electron chi connectivity index (χ3n) is 4.11. The third kappa shape index (κ3) is 4.23. The van der Waals surface area contributed by atoms with Gasteiger partial charge in [-0.15, -0.1) is 11.3 Å². The summed E-state index contributed by atoms with van der Waals surface area (Å²) < 4.78 is 9.69.